The lowest BCUT2D eigenvalue weighted by molar-refractivity contribution is -0.142. The number of carbonyl (C=O) groups is 1. The average Bonchev–Trinajstić information content (AvgIpc) is 3.64. The number of aromatic nitrogens is 5. The van der Waals surface area contributed by atoms with E-state index in [1.54, 1.807) is 36.0 Å². The molecule has 0 spiro atoms. The summed E-state index contributed by atoms with van der Waals surface area (Å²) < 4.78 is 79.4. The van der Waals surface area contributed by atoms with Crippen LogP contribution in [0.15, 0.2) is 42.5 Å². The van der Waals surface area contributed by atoms with E-state index in [2.05, 4.69) is 22.0 Å². The minimum atomic E-state index is -4.67. The van der Waals surface area contributed by atoms with E-state index < -0.39 is 47.4 Å². The first kappa shape index (κ1) is 37.7. The Kier molecular flexibility index (Phi) is 10.4. The van der Waals surface area contributed by atoms with E-state index in [-0.39, 0.29) is 36.1 Å². The SMILES string of the molecule is Cc1nn(C)c2c(-c3ccc(C#CC4(O)CCOCC4)nc3[C@@H](CC(=O)Cn3nc(C(F)(F)F)c4c3CCCC4)Cc3cc(F)cc(F)c3)ccc(Cl)c12. The average molecular weight is 766 g/mol. The van der Waals surface area contributed by atoms with Crippen LogP contribution >= 0.6 is 11.6 Å². The summed E-state index contributed by atoms with van der Waals surface area (Å²) in [6.45, 7) is 2.09. The van der Waals surface area contributed by atoms with Gasteiger partial charge < -0.3 is 9.84 Å². The van der Waals surface area contributed by atoms with Crippen LogP contribution in [-0.2, 0) is 48.6 Å². The van der Waals surface area contributed by atoms with Gasteiger partial charge in [-0.15, -0.1) is 0 Å². The molecule has 1 atom stereocenters. The van der Waals surface area contributed by atoms with Gasteiger partial charge in [0.05, 0.1) is 41.7 Å². The van der Waals surface area contributed by atoms with Gasteiger partial charge in [0.25, 0.3) is 0 Å². The number of rotatable bonds is 8. The molecule has 54 heavy (non-hydrogen) atoms. The molecule has 8 nitrogen and oxygen atoms in total. The Morgan fingerprint density at radius 3 is 2.46 bits per heavy atom. The second kappa shape index (κ2) is 14.9. The van der Waals surface area contributed by atoms with Crippen LogP contribution in [0.2, 0.25) is 5.02 Å². The molecule has 0 unspecified atom stereocenters. The highest BCUT2D eigenvalue weighted by atomic mass is 35.5. The van der Waals surface area contributed by atoms with Gasteiger partial charge in [0.2, 0.25) is 0 Å². The van der Waals surface area contributed by atoms with Gasteiger partial charge in [-0.3, -0.25) is 14.2 Å². The third-order valence-electron chi connectivity index (χ3n) is 10.2. The van der Waals surface area contributed by atoms with Gasteiger partial charge in [-0.05, 0) is 80.8 Å². The zero-order valence-corrected chi connectivity index (χ0v) is 30.4. The molecule has 2 aromatic carbocycles. The number of halogens is 6. The number of fused-ring (bicyclic) bond motifs is 2. The van der Waals surface area contributed by atoms with Gasteiger partial charge in [0, 0.05) is 66.1 Å². The van der Waals surface area contributed by atoms with Crippen molar-refractivity contribution in [3.8, 4) is 23.0 Å². The van der Waals surface area contributed by atoms with E-state index in [1.165, 1.54) is 12.1 Å². The summed E-state index contributed by atoms with van der Waals surface area (Å²) in [7, 11) is 1.77. The molecule has 1 N–H and O–H groups in total. The topological polar surface area (TPSA) is 95.1 Å². The Morgan fingerprint density at radius 1 is 1.04 bits per heavy atom. The van der Waals surface area contributed by atoms with Crippen LogP contribution in [0, 0.1) is 30.4 Å². The Balaban J connectivity index is 1.36. The lowest BCUT2D eigenvalue weighted by Crippen LogP contribution is -2.34. The number of aryl methyl sites for hydroxylation is 2. The lowest BCUT2D eigenvalue weighted by atomic mass is 9.86. The fourth-order valence-electron chi connectivity index (χ4n) is 7.70. The number of carbonyl (C=O) groups excluding carboxylic acids is 1. The number of ether oxygens (including phenoxy) is 1. The molecule has 1 saturated heterocycles. The first-order valence-corrected chi connectivity index (χ1v) is 18.2. The number of benzene rings is 2. The van der Waals surface area contributed by atoms with E-state index in [0.717, 1.165) is 10.7 Å². The second-order valence-electron chi connectivity index (χ2n) is 14.1. The van der Waals surface area contributed by atoms with Crippen molar-refractivity contribution in [1.29, 1.82) is 0 Å². The number of alkyl halides is 3. The van der Waals surface area contributed by atoms with Gasteiger partial charge in [-0.1, -0.05) is 23.6 Å². The van der Waals surface area contributed by atoms with Crippen LogP contribution in [0.3, 0.4) is 0 Å². The highest BCUT2D eigenvalue weighted by molar-refractivity contribution is 6.36. The summed E-state index contributed by atoms with van der Waals surface area (Å²) in [5, 5.41) is 20.7. The predicted molar refractivity (Wildman–Crippen MR) is 192 cm³/mol. The molecule has 0 saturated carbocycles. The summed E-state index contributed by atoms with van der Waals surface area (Å²) in [4.78, 5) is 19.0. The molecule has 0 bridgehead atoms. The molecule has 4 heterocycles. The van der Waals surface area contributed by atoms with Crippen LogP contribution in [-0.4, -0.2) is 54.2 Å². The standard InChI is InChI=1S/C40H37ClF5N5O3/c1-23-35-33(41)10-9-31(37(35)50(2)48-23)30-8-7-28(11-12-39(53)13-15-54-16-14-39)47-36(30)25(17-24-18-26(42)21-27(43)19-24)20-29(52)22-51-34-6-4-3-5-32(34)38(49-51)40(44,45)46/h7-10,18-19,21,25,53H,3-6,13-17,20,22H2,1-2H3/t25-/m1/s1. The molecule has 282 valence electrons. The minimum absolute atomic E-state index is 0.0509. The number of nitrogens with zero attached hydrogens (tertiary/aromatic N) is 5. The monoisotopic (exact) mass is 765 g/mol. The Labute approximate surface area is 313 Å². The Hall–Kier alpha value is -4.64. The van der Waals surface area contributed by atoms with Crippen molar-refractivity contribution in [2.45, 2.75) is 82.5 Å². The molecule has 3 aromatic heterocycles. The third-order valence-corrected chi connectivity index (χ3v) is 10.5. The normalized spacial score (nSPS) is 16.2. The number of Topliss-reactive ketones (excluding diaryl/α,β-unsaturated/α-hetero) is 1. The zero-order valence-electron chi connectivity index (χ0n) is 29.7. The summed E-state index contributed by atoms with van der Waals surface area (Å²) in [5.41, 5.74) is 1.74. The van der Waals surface area contributed by atoms with Crippen LogP contribution in [0.5, 0.6) is 0 Å². The third kappa shape index (κ3) is 7.78. The molecule has 0 radical (unpaired) electrons. The van der Waals surface area contributed by atoms with E-state index in [9.17, 15) is 31.9 Å². The van der Waals surface area contributed by atoms with Crippen molar-refractivity contribution >= 4 is 28.3 Å². The summed E-state index contributed by atoms with van der Waals surface area (Å²) in [5.74, 6) is 3.03. The maximum absolute atomic E-state index is 14.6. The minimum Gasteiger partial charge on any atom is -0.381 e. The van der Waals surface area contributed by atoms with Gasteiger partial charge in [-0.25, -0.2) is 13.8 Å². The van der Waals surface area contributed by atoms with Gasteiger partial charge in [0.15, 0.2) is 11.5 Å². The Bertz CT molecular complexity index is 2300. The molecule has 1 aliphatic heterocycles. The molecule has 14 heteroatoms. The van der Waals surface area contributed by atoms with Gasteiger partial charge >= 0.3 is 6.18 Å². The predicted octanol–water partition coefficient (Wildman–Crippen LogP) is 7.85. The molecule has 5 aromatic rings. The van der Waals surface area contributed by atoms with Crippen molar-refractivity contribution in [2.24, 2.45) is 7.05 Å². The number of hydrogen-bond acceptors (Lipinski definition) is 6. The van der Waals surface area contributed by atoms with Crippen LogP contribution in [0.1, 0.15) is 77.6 Å². The maximum atomic E-state index is 14.6. The van der Waals surface area contributed by atoms with Crippen molar-refractivity contribution in [1.82, 2.24) is 24.5 Å². The Morgan fingerprint density at radius 2 is 1.74 bits per heavy atom. The first-order valence-electron chi connectivity index (χ1n) is 17.8. The summed E-state index contributed by atoms with van der Waals surface area (Å²) in [6, 6.07) is 10.1. The molecular weight excluding hydrogens is 729 g/mol. The van der Waals surface area contributed by atoms with E-state index >= 15 is 0 Å². The fraction of sp³-hybridized carbons (Fsp3) is 0.400. The molecule has 1 fully saturated rings. The quantitative estimate of drug-likeness (QED) is 0.128. The van der Waals surface area contributed by atoms with Crippen LogP contribution in [0.4, 0.5) is 22.0 Å². The van der Waals surface area contributed by atoms with Crippen LogP contribution < -0.4 is 0 Å². The van der Waals surface area contributed by atoms with E-state index in [1.807, 2.05) is 6.92 Å². The highest BCUT2D eigenvalue weighted by Crippen LogP contribution is 2.40. The van der Waals surface area contributed by atoms with E-state index in [0.29, 0.717) is 89.5 Å². The van der Waals surface area contributed by atoms with Crippen LogP contribution in [0.25, 0.3) is 22.0 Å². The number of aliphatic hydroxyl groups is 1. The van der Waals surface area contributed by atoms with Crippen molar-refractivity contribution < 1.29 is 36.6 Å². The van der Waals surface area contributed by atoms with Crippen molar-refractivity contribution in [2.75, 3.05) is 13.2 Å². The first-order chi connectivity index (χ1) is 25.7. The van der Waals surface area contributed by atoms with Crippen molar-refractivity contribution in [3.05, 3.63) is 98.7 Å². The number of hydrogen-bond donors (Lipinski definition) is 1. The van der Waals surface area contributed by atoms with Gasteiger partial charge in [-0.2, -0.15) is 23.4 Å². The van der Waals surface area contributed by atoms with Crippen molar-refractivity contribution in [3.63, 3.8) is 0 Å². The lowest BCUT2D eigenvalue weighted by Gasteiger charge is -2.26. The summed E-state index contributed by atoms with van der Waals surface area (Å²) in [6.07, 6.45) is -2.52. The molecule has 0 amide bonds. The maximum Gasteiger partial charge on any atom is 0.435 e. The van der Waals surface area contributed by atoms with E-state index in [4.69, 9.17) is 21.3 Å². The smallest absolute Gasteiger partial charge is 0.381 e. The molecule has 1 aliphatic carbocycles. The molecule has 2 aliphatic rings. The van der Waals surface area contributed by atoms with Gasteiger partial charge in [0.1, 0.15) is 22.9 Å². The zero-order chi connectivity index (χ0) is 38.4. The summed E-state index contributed by atoms with van der Waals surface area (Å²) >= 11 is 6.64. The second-order valence-corrected chi connectivity index (χ2v) is 14.5. The molecular formula is C40H37ClF5N5O3. The largest absolute Gasteiger partial charge is 0.435 e. The number of ketones is 1. The highest BCUT2D eigenvalue weighted by Gasteiger charge is 2.40. The molecule has 7 rings (SSSR count). The fourth-order valence-corrected chi connectivity index (χ4v) is 7.99. The number of pyridine rings is 1.